The summed E-state index contributed by atoms with van der Waals surface area (Å²) >= 11 is 0. The van der Waals surface area contributed by atoms with Crippen LogP contribution in [0.5, 0.6) is 0 Å². The summed E-state index contributed by atoms with van der Waals surface area (Å²) in [6, 6.07) is 6.66. The van der Waals surface area contributed by atoms with Crippen LogP contribution in [0.2, 0.25) is 0 Å². The number of hydrogen-bond donors (Lipinski definition) is 2. The molecule has 2 amide bonds. The predicted octanol–water partition coefficient (Wildman–Crippen LogP) is 2.81. The predicted molar refractivity (Wildman–Crippen MR) is 68.4 cm³/mol. The summed E-state index contributed by atoms with van der Waals surface area (Å²) in [5.74, 6) is -0.0139. The van der Waals surface area contributed by atoms with E-state index in [1.54, 1.807) is 24.3 Å². The Morgan fingerprint density at radius 2 is 2.06 bits per heavy atom. The van der Waals surface area contributed by atoms with Crippen LogP contribution in [0.3, 0.4) is 0 Å². The molecule has 4 nitrogen and oxygen atoms in total. The van der Waals surface area contributed by atoms with Crippen LogP contribution in [0.25, 0.3) is 0 Å². The van der Waals surface area contributed by atoms with E-state index >= 15 is 0 Å². The van der Waals surface area contributed by atoms with Gasteiger partial charge in [0.1, 0.15) is 0 Å². The second kappa shape index (κ2) is 6.68. The summed E-state index contributed by atoms with van der Waals surface area (Å²) in [7, 11) is 0. The van der Waals surface area contributed by atoms with Crippen molar-refractivity contribution in [3.05, 3.63) is 29.8 Å². The third-order valence-electron chi connectivity index (χ3n) is 2.34. The van der Waals surface area contributed by atoms with Gasteiger partial charge in [0.15, 0.2) is 5.78 Å². The zero-order chi connectivity index (χ0) is 12.7. The zero-order valence-corrected chi connectivity index (χ0v) is 10.2. The largest absolute Gasteiger partial charge is 0.338 e. The summed E-state index contributed by atoms with van der Waals surface area (Å²) < 4.78 is 0. The van der Waals surface area contributed by atoms with Crippen molar-refractivity contribution in [1.82, 2.24) is 5.32 Å². The third kappa shape index (κ3) is 4.68. The van der Waals surface area contributed by atoms with E-state index in [-0.39, 0.29) is 11.8 Å². The van der Waals surface area contributed by atoms with Gasteiger partial charge in [-0.3, -0.25) is 4.79 Å². The highest BCUT2D eigenvalue weighted by molar-refractivity contribution is 5.96. The number of urea groups is 1. The molecule has 1 aromatic rings. The number of amides is 2. The van der Waals surface area contributed by atoms with E-state index in [4.69, 9.17) is 0 Å². The normalized spacial score (nSPS) is 9.76. The molecule has 1 rings (SSSR count). The lowest BCUT2D eigenvalue weighted by atomic mass is 10.1. The van der Waals surface area contributed by atoms with Gasteiger partial charge in [-0.25, -0.2) is 4.79 Å². The second-order valence-corrected chi connectivity index (χ2v) is 3.87. The van der Waals surface area contributed by atoms with Crippen LogP contribution in [0.4, 0.5) is 10.5 Å². The molecule has 0 saturated heterocycles. The SMILES string of the molecule is CCCCNC(=O)Nc1cccc(C(C)=O)c1. The Balaban J connectivity index is 2.53. The number of unbranched alkanes of at least 4 members (excludes halogenated alkanes) is 1. The third-order valence-corrected chi connectivity index (χ3v) is 2.34. The number of benzene rings is 1. The van der Waals surface area contributed by atoms with Crippen molar-refractivity contribution < 1.29 is 9.59 Å². The van der Waals surface area contributed by atoms with Gasteiger partial charge >= 0.3 is 6.03 Å². The van der Waals surface area contributed by atoms with Crippen molar-refractivity contribution in [2.75, 3.05) is 11.9 Å². The van der Waals surface area contributed by atoms with Crippen LogP contribution in [-0.2, 0) is 0 Å². The topological polar surface area (TPSA) is 58.2 Å². The first-order chi connectivity index (χ1) is 8.13. The van der Waals surface area contributed by atoms with Crippen molar-refractivity contribution in [3.63, 3.8) is 0 Å². The Kier molecular flexibility index (Phi) is 5.20. The van der Waals surface area contributed by atoms with Crippen LogP contribution in [0, 0.1) is 0 Å². The summed E-state index contributed by atoms with van der Waals surface area (Å²) in [4.78, 5) is 22.6. The molecule has 0 radical (unpaired) electrons. The first-order valence-corrected chi connectivity index (χ1v) is 5.79. The fraction of sp³-hybridized carbons (Fsp3) is 0.385. The fourth-order valence-corrected chi connectivity index (χ4v) is 1.37. The Hall–Kier alpha value is -1.84. The van der Waals surface area contributed by atoms with Gasteiger partial charge in [-0.2, -0.15) is 0 Å². The molecule has 0 heterocycles. The zero-order valence-electron chi connectivity index (χ0n) is 10.2. The molecule has 0 aliphatic rings. The number of hydrogen-bond acceptors (Lipinski definition) is 2. The summed E-state index contributed by atoms with van der Waals surface area (Å²) in [5, 5.41) is 5.44. The van der Waals surface area contributed by atoms with E-state index in [1.807, 2.05) is 0 Å². The van der Waals surface area contributed by atoms with Gasteiger partial charge in [0.05, 0.1) is 0 Å². The highest BCUT2D eigenvalue weighted by Crippen LogP contribution is 2.10. The lowest BCUT2D eigenvalue weighted by molar-refractivity contribution is 0.101. The number of ketones is 1. The number of Topliss-reactive ketones (excluding diaryl/α,β-unsaturated/α-hetero) is 1. The molecule has 0 aliphatic heterocycles. The van der Waals surface area contributed by atoms with Crippen LogP contribution in [0.15, 0.2) is 24.3 Å². The van der Waals surface area contributed by atoms with E-state index in [0.29, 0.717) is 17.8 Å². The molecule has 0 spiro atoms. The molecule has 0 aromatic heterocycles. The number of rotatable bonds is 5. The van der Waals surface area contributed by atoms with E-state index in [1.165, 1.54) is 6.92 Å². The molecule has 92 valence electrons. The van der Waals surface area contributed by atoms with E-state index < -0.39 is 0 Å². The molecule has 0 saturated carbocycles. The Morgan fingerprint density at radius 1 is 1.29 bits per heavy atom. The quantitative estimate of drug-likeness (QED) is 0.608. The van der Waals surface area contributed by atoms with Crippen LogP contribution >= 0.6 is 0 Å². The monoisotopic (exact) mass is 234 g/mol. The molecular formula is C13H18N2O2. The molecule has 2 N–H and O–H groups in total. The van der Waals surface area contributed by atoms with E-state index in [2.05, 4.69) is 17.6 Å². The van der Waals surface area contributed by atoms with Gasteiger partial charge in [0, 0.05) is 17.8 Å². The first-order valence-electron chi connectivity index (χ1n) is 5.79. The molecule has 0 unspecified atom stereocenters. The van der Waals surface area contributed by atoms with Gasteiger partial charge in [0.25, 0.3) is 0 Å². The van der Waals surface area contributed by atoms with Crippen molar-refractivity contribution in [2.24, 2.45) is 0 Å². The van der Waals surface area contributed by atoms with Crippen molar-refractivity contribution >= 4 is 17.5 Å². The maximum absolute atomic E-state index is 11.5. The van der Waals surface area contributed by atoms with Crippen LogP contribution in [-0.4, -0.2) is 18.4 Å². The molecule has 0 fully saturated rings. The minimum atomic E-state index is -0.237. The van der Waals surface area contributed by atoms with Crippen LogP contribution in [0.1, 0.15) is 37.0 Å². The van der Waals surface area contributed by atoms with Gasteiger partial charge in [-0.1, -0.05) is 25.5 Å². The Morgan fingerprint density at radius 3 is 2.71 bits per heavy atom. The maximum Gasteiger partial charge on any atom is 0.319 e. The van der Waals surface area contributed by atoms with Gasteiger partial charge in [-0.05, 0) is 25.5 Å². The molecule has 17 heavy (non-hydrogen) atoms. The minimum absolute atomic E-state index is 0.0139. The van der Waals surface area contributed by atoms with E-state index in [0.717, 1.165) is 12.8 Å². The highest BCUT2D eigenvalue weighted by atomic mass is 16.2. The standard InChI is InChI=1S/C13H18N2O2/c1-3-4-8-14-13(17)15-12-7-5-6-11(9-12)10(2)16/h5-7,9H,3-4,8H2,1-2H3,(H2,14,15,17). The molecule has 0 atom stereocenters. The lowest BCUT2D eigenvalue weighted by Gasteiger charge is -2.07. The number of anilines is 1. The van der Waals surface area contributed by atoms with E-state index in [9.17, 15) is 9.59 Å². The summed E-state index contributed by atoms with van der Waals surface area (Å²) in [6.07, 6.45) is 2.00. The minimum Gasteiger partial charge on any atom is -0.338 e. The average Bonchev–Trinajstić information content (AvgIpc) is 2.29. The fourth-order valence-electron chi connectivity index (χ4n) is 1.37. The van der Waals surface area contributed by atoms with Gasteiger partial charge in [0.2, 0.25) is 0 Å². The van der Waals surface area contributed by atoms with Crippen LogP contribution < -0.4 is 10.6 Å². The maximum atomic E-state index is 11.5. The molecule has 0 aliphatic carbocycles. The smallest absolute Gasteiger partial charge is 0.319 e. The van der Waals surface area contributed by atoms with Gasteiger partial charge < -0.3 is 10.6 Å². The lowest BCUT2D eigenvalue weighted by Crippen LogP contribution is -2.29. The second-order valence-electron chi connectivity index (χ2n) is 3.87. The summed E-state index contributed by atoms with van der Waals surface area (Å²) in [6.45, 7) is 4.23. The number of nitrogens with one attached hydrogen (secondary N) is 2. The summed E-state index contributed by atoms with van der Waals surface area (Å²) in [5.41, 5.74) is 1.23. The Labute approximate surface area is 101 Å². The number of carbonyl (C=O) groups excluding carboxylic acids is 2. The number of carbonyl (C=O) groups is 2. The first kappa shape index (κ1) is 13.2. The Bertz CT molecular complexity index is 402. The van der Waals surface area contributed by atoms with Gasteiger partial charge in [-0.15, -0.1) is 0 Å². The highest BCUT2D eigenvalue weighted by Gasteiger charge is 2.03. The molecular weight excluding hydrogens is 216 g/mol. The van der Waals surface area contributed by atoms with Crippen molar-refractivity contribution in [1.29, 1.82) is 0 Å². The van der Waals surface area contributed by atoms with Crippen molar-refractivity contribution in [2.45, 2.75) is 26.7 Å². The molecule has 4 heteroatoms. The molecule has 1 aromatic carbocycles. The van der Waals surface area contributed by atoms with Crippen molar-refractivity contribution in [3.8, 4) is 0 Å². The average molecular weight is 234 g/mol. The molecule has 0 bridgehead atoms.